The molecule has 0 aromatic heterocycles. The van der Waals surface area contributed by atoms with Gasteiger partial charge in [-0.2, -0.15) is 0 Å². The molecule has 2 rings (SSSR count). The Morgan fingerprint density at radius 3 is 1.52 bits per heavy atom. The van der Waals surface area contributed by atoms with Crippen LogP contribution in [0, 0.1) is 0 Å². The number of hydrogen-bond donors (Lipinski definition) is 9. The molecule has 0 bridgehead atoms. The summed E-state index contributed by atoms with van der Waals surface area (Å²) >= 11 is 0. The van der Waals surface area contributed by atoms with Gasteiger partial charge in [-0.05, 0) is 12.8 Å². The number of unbranched alkanes of at least 4 members (excludes halogenated alkanes) is 20. The Kier molecular flexibility index (Phi) is 28.3. The standard InChI is InChI=1S/C42H81NO13/c1-3-5-7-8-9-10-11-12-13-14-15-16-17-18-19-20-21-22-24-26-34(47)43-30(31(46)25-23-6-4-2)29-53-41-39(52)37(50)40(33(28-45)55-41)56-42-38(51)36(49)35(48)32(27-44)54-42/h30-33,35-42,44-46,48-52H,3-29H2,1-2H3,(H,43,47). The second-order valence-electron chi connectivity index (χ2n) is 16.2. The second-order valence-corrected chi connectivity index (χ2v) is 16.2. The predicted molar refractivity (Wildman–Crippen MR) is 212 cm³/mol. The fourth-order valence-electron chi connectivity index (χ4n) is 7.59. The summed E-state index contributed by atoms with van der Waals surface area (Å²) < 4.78 is 22.5. The van der Waals surface area contributed by atoms with E-state index in [1.54, 1.807) is 0 Å². The fraction of sp³-hybridized carbons (Fsp3) is 0.976. The van der Waals surface area contributed by atoms with Gasteiger partial charge in [0, 0.05) is 6.42 Å². The molecule has 0 saturated carbocycles. The van der Waals surface area contributed by atoms with E-state index < -0.39 is 86.8 Å². The zero-order valence-electron chi connectivity index (χ0n) is 34.6. The maximum absolute atomic E-state index is 13.0. The molecule has 2 fully saturated rings. The van der Waals surface area contributed by atoms with Gasteiger partial charge >= 0.3 is 0 Å². The monoisotopic (exact) mass is 808 g/mol. The van der Waals surface area contributed by atoms with Crippen molar-refractivity contribution in [3.63, 3.8) is 0 Å². The van der Waals surface area contributed by atoms with Gasteiger partial charge in [-0.25, -0.2) is 0 Å². The van der Waals surface area contributed by atoms with Crippen LogP contribution in [0.15, 0.2) is 0 Å². The minimum Gasteiger partial charge on any atom is -0.394 e. The van der Waals surface area contributed by atoms with E-state index in [2.05, 4.69) is 12.2 Å². The first kappa shape index (κ1) is 51.1. The highest BCUT2D eigenvalue weighted by Crippen LogP contribution is 2.30. The van der Waals surface area contributed by atoms with Crippen LogP contribution in [-0.2, 0) is 23.7 Å². The van der Waals surface area contributed by atoms with E-state index in [1.165, 1.54) is 96.3 Å². The van der Waals surface area contributed by atoms with E-state index in [4.69, 9.17) is 18.9 Å². The molecule has 56 heavy (non-hydrogen) atoms. The number of aliphatic hydroxyl groups excluding tert-OH is 8. The number of rotatable bonds is 33. The molecule has 0 radical (unpaired) electrons. The maximum Gasteiger partial charge on any atom is 0.220 e. The molecule has 0 aromatic carbocycles. The molecule has 2 aliphatic rings. The lowest BCUT2D eigenvalue weighted by Gasteiger charge is -2.46. The fourth-order valence-corrected chi connectivity index (χ4v) is 7.59. The third-order valence-electron chi connectivity index (χ3n) is 11.3. The average molecular weight is 808 g/mol. The normalized spacial score (nSPS) is 29.3. The minimum atomic E-state index is -1.78. The molecule has 1 amide bonds. The SMILES string of the molecule is CCCCCCCCCCCCCCCCCCCCCC(=O)NC(COC1OC(CO)C(OC2OC(CO)C(O)C(O)C2O)C(O)C1O)C(O)CCCCC. The molecule has 2 saturated heterocycles. The van der Waals surface area contributed by atoms with Gasteiger partial charge in [-0.1, -0.05) is 149 Å². The maximum atomic E-state index is 13.0. The van der Waals surface area contributed by atoms with E-state index >= 15 is 0 Å². The highest BCUT2D eigenvalue weighted by atomic mass is 16.7. The Balaban J connectivity index is 1.70. The lowest BCUT2D eigenvalue weighted by molar-refractivity contribution is -0.359. The summed E-state index contributed by atoms with van der Waals surface area (Å²) in [6, 6.07) is -0.816. The van der Waals surface area contributed by atoms with Crippen LogP contribution in [0.25, 0.3) is 0 Å². The Hall–Kier alpha value is -1.01. The number of carbonyl (C=O) groups excluding carboxylic acids is 1. The molecule has 12 atom stereocenters. The van der Waals surface area contributed by atoms with Crippen molar-refractivity contribution in [2.24, 2.45) is 0 Å². The minimum absolute atomic E-state index is 0.216. The van der Waals surface area contributed by atoms with Gasteiger partial charge in [-0.3, -0.25) is 4.79 Å². The molecule has 2 heterocycles. The van der Waals surface area contributed by atoms with Gasteiger partial charge in [-0.15, -0.1) is 0 Å². The molecule has 2 aliphatic heterocycles. The van der Waals surface area contributed by atoms with Crippen molar-refractivity contribution < 1.29 is 64.6 Å². The molecule has 14 nitrogen and oxygen atoms in total. The van der Waals surface area contributed by atoms with Crippen molar-refractivity contribution in [2.45, 2.75) is 242 Å². The summed E-state index contributed by atoms with van der Waals surface area (Å²) in [4.78, 5) is 13.0. The smallest absolute Gasteiger partial charge is 0.220 e. The second kappa shape index (κ2) is 30.9. The van der Waals surface area contributed by atoms with E-state index in [0.29, 0.717) is 12.8 Å². The summed E-state index contributed by atoms with van der Waals surface area (Å²) in [6.07, 6.45) is 10.8. The molecular weight excluding hydrogens is 726 g/mol. The highest BCUT2D eigenvalue weighted by molar-refractivity contribution is 5.76. The van der Waals surface area contributed by atoms with Crippen molar-refractivity contribution in [1.29, 1.82) is 0 Å². The molecule has 14 heteroatoms. The molecule has 0 aliphatic carbocycles. The van der Waals surface area contributed by atoms with E-state index in [-0.39, 0.29) is 12.5 Å². The number of ether oxygens (including phenoxy) is 4. The number of nitrogens with one attached hydrogen (secondary N) is 1. The Labute approximate surface area is 336 Å². The number of carbonyl (C=O) groups is 1. The zero-order chi connectivity index (χ0) is 41.1. The van der Waals surface area contributed by atoms with Crippen LogP contribution in [0.3, 0.4) is 0 Å². The van der Waals surface area contributed by atoms with E-state index in [9.17, 15) is 45.6 Å². The van der Waals surface area contributed by atoms with Crippen LogP contribution < -0.4 is 5.32 Å². The van der Waals surface area contributed by atoms with Crippen LogP contribution in [-0.4, -0.2) is 140 Å². The quantitative estimate of drug-likeness (QED) is 0.0430. The number of amides is 1. The van der Waals surface area contributed by atoms with Gasteiger partial charge in [0.15, 0.2) is 12.6 Å². The molecular formula is C42H81NO13. The third kappa shape index (κ3) is 19.4. The summed E-state index contributed by atoms with van der Waals surface area (Å²) in [5.41, 5.74) is 0. The zero-order valence-corrected chi connectivity index (χ0v) is 34.6. The van der Waals surface area contributed by atoms with Crippen molar-refractivity contribution in [2.75, 3.05) is 19.8 Å². The Morgan fingerprint density at radius 1 is 0.571 bits per heavy atom. The Bertz CT molecular complexity index is 962. The molecule has 0 aromatic rings. The van der Waals surface area contributed by atoms with Crippen LogP contribution in [0.1, 0.15) is 168 Å². The van der Waals surface area contributed by atoms with Crippen molar-refractivity contribution >= 4 is 5.91 Å². The van der Waals surface area contributed by atoms with Crippen molar-refractivity contribution in [3.05, 3.63) is 0 Å². The predicted octanol–water partition coefficient (Wildman–Crippen LogP) is 3.88. The molecule has 9 N–H and O–H groups in total. The van der Waals surface area contributed by atoms with Gasteiger partial charge in [0.2, 0.25) is 5.91 Å². The first-order valence-electron chi connectivity index (χ1n) is 22.3. The van der Waals surface area contributed by atoms with Gasteiger partial charge in [0.05, 0.1) is 32.0 Å². The number of hydrogen-bond acceptors (Lipinski definition) is 13. The highest BCUT2D eigenvalue weighted by Gasteiger charge is 2.51. The van der Waals surface area contributed by atoms with Crippen molar-refractivity contribution in [1.82, 2.24) is 5.32 Å². The summed E-state index contributed by atoms with van der Waals surface area (Å²) in [5.74, 6) is -0.216. The largest absolute Gasteiger partial charge is 0.394 e. The molecule has 0 spiro atoms. The van der Waals surface area contributed by atoms with Gasteiger partial charge in [0.25, 0.3) is 0 Å². The van der Waals surface area contributed by atoms with Crippen LogP contribution >= 0.6 is 0 Å². The summed E-state index contributed by atoms with van der Waals surface area (Å²) in [7, 11) is 0. The number of aliphatic hydroxyl groups is 8. The summed E-state index contributed by atoms with van der Waals surface area (Å²) in [5, 5.41) is 85.8. The summed E-state index contributed by atoms with van der Waals surface area (Å²) in [6.45, 7) is 2.67. The molecule has 12 unspecified atom stereocenters. The van der Waals surface area contributed by atoms with Crippen LogP contribution in [0.2, 0.25) is 0 Å². The lowest BCUT2D eigenvalue weighted by atomic mass is 9.97. The lowest BCUT2D eigenvalue weighted by Crippen LogP contribution is -2.65. The first-order chi connectivity index (χ1) is 27.1. The first-order valence-corrected chi connectivity index (χ1v) is 22.3. The van der Waals surface area contributed by atoms with Crippen LogP contribution in [0.5, 0.6) is 0 Å². The van der Waals surface area contributed by atoms with Gasteiger partial charge in [0.1, 0.15) is 48.8 Å². The third-order valence-corrected chi connectivity index (χ3v) is 11.3. The average Bonchev–Trinajstić information content (AvgIpc) is 3.19. The Morgan fingerprint density at radius 2 is 1.02 bits per heavy atom. The van der Waals surface area contributed by atoms with E-state index in [0.717, 1.165) is 44.9 Å². The van der Waals surface area contributed by atoms with Crippen molar-refractivity contribution in [3.8, 4) is 0 Å². The molecule has 332 valence electrons. The topological polar surface area (TPSA) is 228 Å². The van der Waals surface area contributed by atoms with E-state index in [1.807, 2.05) is 6.92 Å². The van der Waals surface area contributed by atoms with Crippen LogP contribution in [0.4, 0.5) is 0 Å². The van der Waals surface area contributed by atoms with Gasteiger partial charge < -0.3 is 65.1 Å².